The Hall–Kier alpha value is -2.17. The van der Waals surface area contributed by atoms with Crippen LogP contribution in [-0.2, 0) is 6.54 Å². The van der Waals surface area contributed by atoms with E-state index in [-0.39, 0.29) is 5.82 Å². The number of hydrogen-bond acceptors (Lipinski definition) is 4. The van der Waals surface area contributed by atoms with Crippen molar-refractivity contribution in [1.29, 1.82) is 0 Å². The zero-order chi connectivity index (χ0) is 15.9. The van der Waals surface area contributed by atoms with Crippen LogP contribution in [0.15, 0.2) is 36.5 Å². The van der Waals surface area contributed by atoms with E-state index in [1.807, 2.05) is 12.1 Å². The maximum atomic E-state index is 13.6. The highest BCUT2D eigenvalue weighted by Crippen LogP contribution is 2.20. The molecule has 5 heteroatoms. The topological polar surface area (TPSA) is 49.8 Å². The summed E-state index contributed by atoms with van der Waals surface area (Å²) in [5, 5.41) is 6.60. The Morgan fingerprint density at radius 2 is 1.83 bits per heavy atom. The second-order valence-electron chi connectivity index (χ2n) is 6.04. The first-order valence-electron chi connectivity index (χ1n) is 8.38. The summed E-state index contributed by atoms with van der Waals surface area (Å²) in [6.07, 6.45) is 9.34. The Balaban J connectivity index is 1.59. The molecule has 1 aromatic carbocycles. The van der Waals surface area contributed by atoms with E-state index in [0.29, 0.717) is 24.1 Å². The Morgan fingerprint density at radius 1 is 1.04 bits per heavy atom. The van der Waals surface area contributed by atoms with E-state index in [1.54, 1.807) is 18.3 Å². The first-order valence-corrected chi connectivity index (χ1v) is 8.38. The van der Waals surface area contributed by atoms with Gasteiger partial charge in [-0.1, -0.05) is 43.9 Å². The predicted octanol–water partition coefficient (Wildman–Crippen LogP) is 4.36. The van der Waals surface area contributed by atoms with Crippen molar-refractivity contribution < 1.29 is 4.39 Å². The third kappa shape index (κ3) is 4.65. The minimum atomic E-state index is -0.215. The summed E-state index contributed by atoms with van der Waals surface area (Å²) in [6.45, 7) is 0.375. The predicted molar refractivity (Wildman–Crippen MR) is 90.9 cm³/mol. The van der Waals surface area contributed by atoms with Crippen LogP contribution in [-0.4, -0.2) is 16.0 Å². The van der Waals surface area contributed by atoms with Crippen LogP contribution in [0, 0.1) is 5.82 Å². The van der Waals surface area contributed by atoms with Crippen LogP contribution in [0.25, 0.3) is 0 Å². The maximum absolute atomic E-state index is 13.6. The lowest BCUT2D eigenvalue weighted by molar-refractivity contribution is 0.612. The molecule has 2 N–H and O–H groups in total. The lowest BCUT2D eigenvalue weighted by atomic mass is 10.1. The number of halogens is 1. The molecule has 1 saturated carbocycles. The van der Waals surface area contributed by atoms with Gasteiger partial charge in [-0.05, 0) is 25.0 Å². The fourth-order valence-electron chi connectivity index (χ4n) is 2.97. The normalized spacial score (nSPS) is 15.9. The van der Waals surface area contributed by atoms with Crippen LogP contribution in [0.2, 0.25) is 0 Å². The molecule has 122 valence electrons. The highest BCUT2D eigenvalue weighted by Gasteiger charge is 2.12. The summed E-state index contributed by atoms with van der Waals surface area (Å²) in [5.74, 6) is 1.14. The van der Waals surface area contributed by atoms with Crippen LogP contribution >= 0.6 is 0 Å². The summed E-state index contributed by atoms with van der Waals surface area (Å²) in [5.41, 5.74) is 0.609. The Morgan fingerprint density at radius 3 is 2.61 bits per heavy atom. The first kappa shape index (κ1) is 15.7. The number of aromatic nitrogens is 2. The van der Waals surface area contributed by atoms with Gasteiger partial charge in [-0.25, -0.2) is 9.37 Å². The third-order valence-corrected chi connectivity index (χ3v) is 4.26. The monoisotopic (exact) mass is 314 g/mol. The van der Waals surface area contributed by atoms with Gasteiger partial charge in [0.1, 0.15) is 11.6 Å². The van der Waals surface area contributed by atoms with Crippen molar-refractivity contribution in [2.45, 2.75) is 51.1 Å². The van der Waals surface area contributed by atoms with Crippen molar-refractivity contribution in [2.75, 3.05) is 10.6 Å². The molecule has 0 bridgehead atoms. The number of hydrogen-bond donors (Lipinski definition) is 2. The van der Waals surface area contributed by atoms with E-state index >= 15 is 0 Å². The van der Waals surface area contributed by atoms with Gasteiger partial charge >= 0.3 is 0 Å². The quantitative estimate of drug-likeness (QED) is 0.805. The van der Waals surface area contributed by atoms with Gasteiger partial charge in [-0.2, -0.15) is 4.98 Å². The zero-order valence-electron chi connectivity index (χ0n) is 13.3. The van der Waals surface area contributed by atoms with Crippen LogP contribution in [0.1, 0.15) is 44.1 Å². The van der Waals surface area contributed by atoms with Crippen LogP contribution < -0.4 is 10.6 Å². The minimum Gasteiger partial charge on any atom is -0.367 e. The summed E-state index contributed by atoms with van der Waals surface area (Å²) in [6, 6.07) is 9.11. The highest BCUT2D eigenvalue weighted by molar-refractivity contribution is 5.40. The smallest absolute Gasteiger partial charge is 0.224 e. The highest BCUT2D eigenvalue weighted by atomic mass is 19.1. The van der Waals surface area contributed by atoms with Gasteiger partial charge in [0.15, 0.2) is 0 Å². The van der Waals surface area contributed by atoms with Crippen molar-refractivity contribution in [3.05, 3.63) is 47.9 Å². The molecule has 0 amide bonds. The number of nitrogens with zero attached hydrogens (tertiary/aromatic N) is 2. The molecule has 4 nitrogen and oxygen atoms in total. The van der Waals surface area contributed by atoms with Gasteiger partial charge < -0.3 is 10.6 Å². The van der Waals surface area contributed by atoms with Gasteiger partial charge in [-0.3, -0.25) is 0 Å². The van der Waals surface area contributed by atoms with Crippen molar-refractivity contribution in [3.63, 3.8) is 0 Å². The summed E-state index contributed by atoms with van der Waals surface area (Å²) in [4.78, 5) is 8.70. The number of rotatable bonds is 5. The Bertz CT molecular complexity index is 624. The molecule has 1 fully saturated rings. The molecule has 1 aliphatic carbocycles. The Labute approximate surface area is 136 Å². The molecule has 0 aliphatic heterocycles. The molecule has 1 aromatic heterocycles. The van der Waals surface area contributed by atoms with Gasteiger partial charge in [0.05, 0.1) is 0 Å². The molecule has 2 aromatic rings. The molecule has 0 spiro atoms. The summed E-state index contributed by atoms with van der Waals surface area (Å²) in [7, 11) is 0. The fourth-order valence-corrected chi connectivity index (χ4v) is 2.97. The fraction of sp³-hybridized carbons (Fsp3) is 0.444. The molecule has 0 atom stereocenters. The van der Waals surface area contributed by atoms with Crippen molar-refractivity contribution >= 4 is 11.8 Å². The number of anilines is 2. The SMILES string of the molecule is Fc1ccccc1CNc1nccc(NC2CCCCCC2)n1. The van der Waals surface area contributed by atoms with E-state index in [1.165, 1.54) is 44.6 Å². The van der Waals surface area contributed by atoms with Gasteiger partial charge in [-0.15, -0.1) is 0 Å². The third-order valence-electron chi connectivity index (χ3n) is 4.26. The molecular weight excluding hydrogens is 291 g/mol. The van der Waals surface area contributed by atoms with E-state index in [9.17, 15) is 4.39 Å². The first-order chi connectivity index (χ1) is 11.3. The molecule has 0 radical (unpaired) electrons. The standard InChI is InChI=1S/C18H23FN4/c19-16-10-6-5-7-14(16)13-21-18-20-12-11-17(23-18)22-15-8-3-1-2-4-9-15/h5-7,10-12,15H,1-4,8-9,13H2,(H2,20,21,22,23). The van der Waals surface area contributed by atoms with Crippen molar-refractivity contribution in [1.82, 2.24) is 9.97 Å². The van der Waals surface area contributed by atoms with Crippen molar-refractivity contribution in [3.8, 4) is 0 Å². The molecule has 1 heterocycles. The number of nitrogens with one attached hydrogen (secondary N) is 2. The average molecular weight is 314 g/mol. The molecule has 0 saturated heterocycles. The molecule has 0 unspecified atom stereocenters. The van der Waals surface area contributed by atoms with Crippen molar-refractivity contribution in [2.24, 2.45) is 0 Å². The number of benzene rings is 1. The second kappa shape index (κ2) is 7.90. The van der Waals surface area contributed by atoms with Gasteiger partial charge in [0.25, 0.3) is 0 Å². The molecule has 1 aliphatic rings. The van der Waals surface area contributed by atoms with E-state index in [0.717, 1.165) is 5.82 Å². The largest absolute Gasteiger partial charge is 0.367 e. The van der Waals surface area contributed by atoms with E-state index < -0.39 is 0 Å². The summed E-state index contributed by atoms with van der Waals surface area (Å²) < 4.78 is 13.6. The molecule has 23 heavy (non-hydrogen) atoms. The minimum absolute atomic E-state index is 0.215. The zero-order valence-corrected chi connectivity index (χ0v) is 13.3. The molecular formula is C18H23FN4. The van der Waals surface area contributed by atoms with Gasteiger partial charge in [0, 0.05) is 24.3 Å². The van der Waals surface area contributed by atoms with E-state index in [2.05, 4.69) is 20.6 Å². The second-order valence-corrected chi connectivity index (χ2v) is 6.04. The average Bonchev–Trinajstić information content (AvgIpc) is 2.83. The molecule has 3 rings (SSSR count). The van der Waals surface area contributed by atoms with Crippen LogP contribution in [0.5, 0.6) is 0 Å². The lowest BCUT2D eigenvalue weighted by Gasteiger charge is -2.17. The van der Waals surface area contributed by atoms with Crippen LogP contribution in [0.3, 0.4) is 0 Å². The van der Waals surface area contributed by atoms with Gasteiger partial charge in [0.2, 0.25) is 5.95 Å². The maximum Gasteiger partial charge on any atom is 0.224 e. The summed E-state index contributed by atoms with van der Waals surface area (Å²) >= 11 is 0. The Kier molecular flexibility index (Phi) is 5.40. The lowest BCUT2D eigenvalue weighted by Crippen LogP contribution is -2.19. The van der Waals surface area contributed by atoms with Crippen LogP contribution in [0.4, 0.5) is 16.2 Å². The van der Waals surface area contributed by atoms with E-state index in [4.69, 9.17) is 0 Å².